The highest BCUT2D eigenvalue weighted by Crippen LogP contribution is 2.27. The Kier molecular flexibility index (Phi) is 7.87. The van der Waals surface area contributed by atoms with E-state index in [0.717, 1.165) is 19.1 Å². The fourth-order valence-electron chi connectivity index (χ4n) is 2.74. The first-order chi connectivity index (χ1) is 7.86. The van der Waals surface area contributed by atoms with Gasteiger partial charge in [0.15, 0.2) is 0 Å². The largest absolute Gasteiger partial charge is 0.385 e. The summed E-state index contributed by atoms with van der Waals surface area (Å²) >= 11 is 0. The van der Waals surface area contributed by atoms with Gasteiger partial charge in [-0.2, -0.15) is 0 Å². The number of nitrogens with one attached hydrogen (secondary N) is 1. The maximum atomic E-state index is 5.20. The van der Waals surface area contributed by atoms with E-state index in [-0.39, 0.29) is 0 Å². The molecule has 1 aliphatic carbocycles. The van der Waals surface area contributed by atoms with Crippen molar-refractivity contribution in [2.24, 2.45) is 5.92 Å². The lowest BCUT2D eigenvalue weighted by Crippen LogP contribution is -2.33. The van der Waals surface area contributed by atoms with Crippen LogP contribution in [-0.4, -0.2) is 26.3 Å². The van der Waals surface area contributed by atoms with Crippen LogP contribution in [0.5, 0.6) is 0 Å². The summed E-state index contributed by atoms with van der Waals surface area (Å²) in [6.45, 7) is 4.29. The standard InChI is InChI=1S/C14H29NO/c1-3-10-15-14(9-11-16-2)12-13-7-5-4-6-8-13/h13-15H,3-12H2,1-2H3. The lowest BCUT2D eigenvalue weighted by Gasteiger charge is -2.27. The van der Waals surface area contributed by atoms with E-state index < -0.39 is 0 Å². The molecule has 0 amide bonds. The van der Waals surface area contributed by atoms with Crippen LogP contribution in [-0.2, 0) is 4.74 Å². The van der Waals surface area contributed by atoms with E-state index >= 15 is 0 Å². The Morgan fingerprint density at radius 1 is 1.25 bits per heavy atom. The predicted octanol–water partition coefficient (Wildman–Crippen LogP) is 3.36. The topological polar surface area (TPSA) is 21.3 Å². The molecule has 0 heterocycles. The molecule has 0 aromatic heterocycles. The number of methoxy groups -OCH3 is 1. The number of ether oxygens (including phenoxy) is 1. The minimum Gasteiger partial charge on any atom is -0.385 e. The Labute approximate surface area is 101 Å². The summed E-state index contributed by atoms with van der Waals surface area (Å²) in [6, 6.07) is 0.683. The SMILES string of the molecule is CCCNC(CCOC)CC1CCCCC1. The molecule has 0 radical (unpaired) electrons. The summed E-state index contributed by atoms with van der Waals surface area (Å²) in [6.07, 6.45) is 11.0. The fraction of sp³-hybridized carbons (Fsp3) is 1.00. The van der Waals surface area contributed by atoms with Crippen LogP contribution in [0.1, 0.15) is 58.3 Å². The van der Waals surface area contributed by atoms with Crippen LogP contribution in [0.2, 0.25) is 0 Å². The molecule has 1 aliphatic rings. The van der Waals surface area contributed by atoms with Gasteiger partial charge in [0.05, 0.1) is 0 Å². The second-order valence-corrected chi connectivity index (χ2v) is 5.17. The van der Waals surface area contributed by atoms with Crippen LogP contribution >= 0.6 is 0 Å². The van der Waals surface area contributed by atoms with E-state index in [1.165, 1.54) is 51.4 Å². The Hall–Kier alpha value is -0.0800. The number of hydrogen-bond acceptors (Lipinski definition) is 2. The maximum absolute atomic E-state index is 5.20. The fourth-order valence-corrected chi connectivity index (χ4v) is 2.74. The zero-order valence-electron chi connectivity index (χ0n) is 11.1. The highest BCUT2D eigenvalue weighted by atomic mass is 16.5. The third-order valence-electron chi connectivity index (χ3n) is 3.70. The molecule has 2 nitrogen and oxygen atoms in total. The zero-order valence-corrected chi connectivity index (χ0v) is 11.1. The zero-order chi connectivity index (χ0) is 11.6. The molecule has 1 unspecified atom stereocenters. The van der Waals surface area contributed by atoms with E-state index in [4.69, 9.17) is 4.74 Å². The minimum absolute atomic E-state index is 0.683. The van der Waals surface area contributed by atoms with Crippen LogP contribution in [0, 0.1) is 5.92 Å². The molecule has 2 heteroatoms. The van der Waals surface area contributed by atoms with Crippen molar-refractivity contribution in [2.45, 2.75) is 64.3 Å². The quantitative estimate of drug-likeness (QED) is 0.686. The Morgan fingerprint density at radius 2 is 2.00 bits per heavy atom. The molecule has 1 rings (SSSR count). The maximum Gasteiger partial charge on any atom is 0.0477 e. The van der Waals surface area contributed by atoms with Gasteiger partial charge >= 0.3 is 0 Å². The summed E-state index contributed by atoms with van der Waals surface area (Å²) < 4.78 is 5.20. The summed E-state index contributed by atoms with van der Waals surface area (Å²) in [5.74, 6) is 0.972. The minimum atomic E-state index is 0.683. The van der Waals surface area contributed by atoms with Crippen LogP contribution in [0.4, 0.5) is 0 Å². The van der Waals surface area contributed by atoms with Crippen molar-refractivity contribution in [1.82, 2.24) is 5.32 Å². The normalized spacial score (nSPS) is 19.9. The first-order valence-electron chi connectivity index (χ1n) is 7.09. The average molecular weight is 227 g/mol. The van der Waals surface area contributed by atoms with E-state index in [1.54, 1.807) is 7.11 Å². The van der Waals surface area contributed by atoms with Crippen molar-refractivity contribution in [3.63, 3.8) is 0 Å². The molecule has 0 aromatic rings. The molecule has 0 aromatic carbocycles. The van der Waals surface area contributed by atoms with E-state index in [1.807, 2.05) is 0 Å². The molecule has 1 fully saturated rings. The highest BCUT2D eigenvalue weighted by molar-refractivity contribution is 4.74. The van der Waals surface area contributed by atoms with Crippen LogP contribution < -0.4 is 5.32 Å². The van der Waals surface area contributed by atoms with Gasteiger partial charge in [-0.05, 0) is 31.7 Å². The van der Waals surface area contributed by atoms with E-state index in [2.05, 4.69) is 12.2 Å². The Bertz CT molecular complexity index is 147. The third-order valence-corrected chi connectivity index (χ3v) is 3.70. The van der Waals surface area contributed by atoms with Gasteiger partial charge in [0.1, 0.15) is 0 Å². The van der Waals surface area contributed by atoms with Crippen molar-refractivity contribution in [3.05, 3.63) is 0 Å². The van der Waals surface area contributed by atoms with Crippen LogP contribution in [0.3, 0.4) is 0 Å². The van der Waals surface area contributed by atoms with Gasteiger partial charge in [-0.25, -0.2) is 0 Å². The van der Waals surface area contributed by atoms with Gasteiger partial charge in [-0.15, -0.1) is 0 Å². The molecule has 0 saturated heterocycles. The highest BCUT2D eigenvalue weighted by Gasteiger charge is 2.18. The number of hydrogen-bond donors (Lipinski definition) is 1. The van der Waals surface area contributed by atoms with E-state index in [0.29, 0.717) is 6.04 Å². The molecule has 16 heavy (non-hydrogen) atoms. The van der Waals surface area contributed by atoms with Gasteiger partial charge in [0.25, 0.3) is 0 Å². The molecule has 0 spiro atoms. The van der Waals surface area contributed by atoms with Crippen molar-refractivity contribution >= 4 is 0 Å². The first kappa shape index (κ1) is 14.0. The molecular weight excluding hydrogens is 198 g/mol. The van der Waals surface area contributed by atoms with Crippen molar-refractivity contribution in [2.75, 3.05) is 20.3 Å². The molecular formula is C14H29NO. The van der Waals surface area contributed by atoms with Crippen molar-refractivity contribution in [1.29, 1.82) is 0 Å². The van der Waals surface area contributed by atoms with Gasteiger partial charge < -0.3 is 10.1 Å². The smallest absolute Gasteiger partial charge is 0.0477 e. The molecule has 1 atom stereocenters. The molecule has 1 N–H and O–H groups in total. The van der Waals surface area contributed by atoms with Gasteiger partial charge in [0, 0.05) is 19.8 Å². The predicted molar refractivity (Wildman–Crippen MR) is 69.8 cm³/mol. The summed E-state index contributed by atoms with van der Waals surface area (Å²) in [5, 5.41) is 3.67. The molecule has 1 saturated carbocycles. The van der Waals surface area contributed by atoms with Crippen LogP contribution in [0.25, 0.3) is 0 Å². The van der Waals surface area contributed by atoms with Gasteiger partial charge in [0.2, 0.25) is 0 Å². The molecule has 96 valence electrons. The third kappa shape index (κ3) is 5.86. The summed E-state index contributed by atoms with van der Waals surface area (Å²) in [5.41, 5.74) is 0. The number of rotatable bonds is 8. The second kappa shape index (κ2) is 9.00. The Balaban J connectivity index is 2.23. The first-order valence-corrected chi connectivity index (χ1v) is 7.09. The average Bonchev–Trinajstić information content (AvgIpc) is 2.34. The summed E-state index contributed by atoms with van der Waals surface area (Å²) in [4.78, 5) is 0. The van der Waals surface area contributed by atoms with Crippen LogP contribution in [0.15, 0.2) is 0 Å². The monoisotopic (exact) mass is 227 g/mol. The van der Waals surface area contributed by atoms with Crippen molar-refractivity contribution < 1.29 is 4.74 Å². The summed E-state index contributed by atoms with van der Waals surface area (Å²) in [7, 11) is 1.80. The lowest BCUT2D eigenvalue weighted by atomic mass is 9.84. The molecule has 0 bridgehead atoms. The second-order valence-electron chi connectivity index (χ2n) is 5.17. The van der Waals surface area contributed by atoms with Crippen molar-refractivity contribution in [3.8, 4) is 0 Å². The van der Waals surface area contributed by atoms with Gasteiger partial charge in [-0.1, -0.05) is 39.0 Å². The Morgan fingerprint density at radius 3 is 2.62 bits per heavy atom. The van der Waals surface area contributed by atoms with Gasteiger partial charge in [-0.3, -0.25) is 0 Å². The van der Waals surface area contributed by atoms with E-state index in [9.17, 15) is 0 Å². The lowest BCUT2D eigenvalue weighted by molar-refractivity contribution is 0.173. The molecule has 0 aliphatic heterocycles.